The molecule has 0 saturated heterocycles. The molecule has 0 bridgehead atoms. The van der Waals surface area contributed by atoms with Gasteiger partial charge in [-0.2, -0.15) is 0 Å². The van der Waals surface area contributed by atoms with Crippen molar-refractivity contribution in [1.29, 1.82) is 0 Å². The van der Waals surface area contributed by atoms with Crippen molar-refractivity contribution in [3.8, 4) is 0 Å². The van der Waals surface area contributed by atoms with Crippen LogP contribution in [-0.2, 0) is 0 Å². The Morgan fingerprint density at radius 1 is 1.11 bits per heavy atom. The number of halogens is 3. The van der Waals surface area contributed by atoms with Crippen molar-refractivity contribution in [2.24, 2.45) is 0 Å². The molecule has 7 heteroatoms. The third-order valence-corrected chi connectivity index (χ3v) is 5.42. The molecular weight excluding hydrogens is 451 g/mol. The van der Waals surface area contributed by atoms with Crippen LogP contribution in [0.2, 0.25) is 5.02 Å². The Hall–Kier alpha value is -2.02. The largest absolute Gasteiger partial charge is 0.319 e. The fourth-order valence-corrected chi connectivity index (χ4v) is 3.63. The topological polar surface area (TPSA) is 32.3 Å². The van der Waals surface area contributed by atoms with E-state index in [4.69, 9.17) is 11.6 Å². The van der Waals surface area contributed by atoms with Crippen LogP contribution in [0, 0.1) is 5.82 Å². The molecule has 3 rings (SSSR count). The zero-order valence-electron chi connectivity index (χ0n) is 14.2. The van der Waals surface area contributed by atoms with E-state index < -0.39 is 5.82 Å². The number of rotatable bonds is 5. The molecule has 0 saturated carbocycles. The first-order valence-electron chi connectivity index (χ1n) is 7.96. The van der Waals surface area contributed by atoms with E-state index in [-0.39, 0.29) is 16.6 Å². The van der Waals surface area contributed by atoms with Crippen LogP contribution < -0.4 is 9.62 Å². The van der Waals surface area contributed by atoms with Crippen molar-refractivity contribution in [3.63, 3.8) is 0 Å². The molecule has 0 radical (unpaired) electrons. The average Bonchev–Trinajstić information content (AvgIpc) is 2.64. The zero-order chi connectivity index (χ0) is 19.4. The molecule has 0 unspecified atom stereocenters. The summed E-state index contributed by atoms with van der Waals surface area (Å²) in [4.78, 5) is 13.4. The highest BCUT2D eigenvalue weighted by atomic mass is 79.9. The van der Waals surface area contributed by atoms with Gasteiger partial charge in [-0.25, -0.2) is 4.39 Å². The quantitative estimate of drug-likeness (QED) is 0.429. The summed E-state index contributed by atoms with van der Waals surface area (Å²) in [5.74, 6) is -0.957. The van der Waals surface area contributed by atoms with Gasteiger partial charge in [-0.1, -0.05) is 33.6 Å². The van der Waals surface area contributed by atoms with E-state index in [0.29, 0.717) is 5.56 Å². The van der Waals surface area contributed by atoms with Gasteiger partial charge in [0.2, 0.25) is 0 Å². The summed E-state index contributed by atoms with van der Waals surface area (Å²) >= 11 is 10.6. The molecule has 0 aliphatic heterocycles. The zero-order valence-corrected chi connectivity index (χ0v) is 17.4. The Kier molecular flexibility index (Phi) is 6.42. The number of nitrogens with zero attached hydrogens (tertiary/aromatic N) is 1. The van der Waals surface area contributed by atoms with Crippen molar-refractivity contribution < 1.29 is 9.18 Å². The standard InChI is InChI=1S/C20H15BrClFN2OS/c1-25(16-8-5-14(21)6-9-16)27-17-4-2-3-13(11-17)20(26)24-19-10-7-15(22)12-18(19)23/h2-12H,1H3,(H,24,26). The molecular formula is C20H15BrClFN2OS. The number of hydrogen-bond donors (Lipinski definition) is 1. The van der Waals surface area contributed by atoms with Gasteiger partial charge in [-0.05, 0) is 72.6 Å². The number of benzene rings is 3. The third-order valence-electron chi connectivity index (χ3n) is 3.71. The van der Waals surface area contributed by atoms with Gasteiger partial charge in [-0.15, -0.1) is 0 Å². The SMILES string of the molecule is CN(Sc1cccc(C(=O)Nc2ccc(Cl)cc2F)c1)c1ccc(Br)cc1. The normalized spacial score (nSPS) is 10.5. The van der Waals surface area contributed by atoms with Gasteiger partial charge >= 0.3 is 0 Å². The summed E-state index contributed by atoms with van der Waals surface area (Å²) in [5.41, 5.74) is 1.56. The van der Waals surface area contributed by atoms with Crippen LogP contribution in [0.5, 0.6) is 0 Å². The van der Waals surface area contributed by atoms with Gasteiger partial charge < -0.3 is 9.62 Å². The number of hydrogen-bond acceptors (Lipinski definition) is 3. The number of nitrogens with one attached hydrogen (secondary N) is 1. The van der Waals surface area contributed by atoms with Crippen LogP contribution in [-0.4, -0.2) is 13.0 Å². The number of amides is 1. The minimum atomic E-state index is -0.573. The van der Waals surface area contributed by atoms with Crippen LogP contribution in [0.4, 0.5) is 15.8 Å². The molecule has 1 N–H and O–H groups in total. The summed E-state index contributed by atoms with van der Waals surface area (Å²) < 4.78 is 16.9. The molecule has 27 heavy (non-hydrogen) atoms. The molecule has 138 valence electrons. The van der Waals surface area contributed by atoms with Crippen LogP contribution in [0.1, 0.15) is 10.4 Å². The highest BCUT2D eigenvalue weighted by molar-refractivity contribution is 9.10. The van der Waals surface area contributed by atoms with Crippen molar-refractivity contribution >= 4 is 56.8 Å². The van der Waals surface area contributed by atoms with Crippen molar-refractivity contribution in [1.82, 2.24) is 0 Å². The van der Waals surface area contributed by atoms with Gasteiger partial charge in [0.25, 0.3) is 5.91 Å². The molecule has 0 aliphatic carbocycles. The first-order chi connectivity index (χ1) is 12.9. The Balaban J connectivity index is 1.72. The summed E-state index contributed by atoms with van der Waals surface area (Å²) in [6.45, 7) is 0. The fraction of sp³-hybridized carbons (Fsp3) is 0.0500. The van der Waals surface area contributed by atoms with E-state index >= 15 is 0 Å². The van der Waals surface area contributed by atoms with E-state index in [1.807, 2.05) is 41.7 Å². The summed E-state index contributed by atoms with van der Waals surface area (Å²) in [6, 6.07) is 19.2. The first kappa shape index (κ1) is 19.7. The number of anilines is 2. The Bertz CT molecular complexity index is 968. The van der Waals surface area contributed by atoms with Gasteiger partial charge in [0.05, 0.1) is 5.69 Å². The predicted molar refractivity (Wildman–Crippen MR) is 114 cm³/mol. The Morgan fingerprint density at radius 3 is 2.56 bits per heavy atom. The predicted octanol–water partition coefficient (Wildman–Crippen LogP) is 6.64. The van der Waals surface area contributed by atoms with E-state index in [1.165, 1.54) is 24.1 Å². The molecule has 0 heterocycles. The Morgan fingerprint density at radius 2 is 1.85 bits per heavy atom. The second-order valence-corrected chi connectivity index (χ2v) is 8.23. The van der Waals surface area contributed by atoms with Gasteiger partial charge in [0.15, 0.2) is 0 Å². The van der Waals surface area contributed by atoms with E-state index in [2.05, 4.69) is 21.2 Å². The van der Waals surface area contributed by atoms with Crippen molar-refractivity contribution in [2.45, 2.75) is 4.90 Å². The van der Waals surface area contributed by atoms with Gasteiger partial charge in [0.1, 0.15) is 5.82 Å². The van der Waals surface area contributed by atoms with Crippen molar-refractivity contribution in [3.05, 3.63) is 87.6 Å². The van der Waals surface area contributed by atoms with Crippen LogP contribution >= 0.6 is 39.5 Å². The maximum Gasteiger partial charge on any atom is 0.255 e. The summed E-state index contributed by atoms with van der Waals surface area (Å²) in [7, 11) is 1.95. The highest BCUT2D eigenvalue weighted by Crippen LogP contribution is 2.29. The first-order valence-corrected chi connectivity index (χ1v) is 9.90. The van der Waals surface area contributed by atoms with E-state index in [1.54, 1.807) is 18.2 Å². The molecule has 0 spiro atoms. The second-order valence-electron chi connectivity index (χ2n) is 5.67. The maximum absolute atomic E-state index is 13.9. The molecule has 0 aromatic heterocycles. The third kappa shape index (κ3) is 5.25. The summed E-state index contributed by atoms with van der Waals surface area (Å²) in [6.07, 6.45) is 0. The minimum absolute atomic E-state index is 0.0921. The highest BCUT2D eigenvalue weighted by Gasteiger charge is 2.11. The smallest absolute Gasteiger partial charge is 0.255 e. The molecule has 0 atom stereocenters. The van der Waals surface area contributed by atoms with Gasteiger partial charge in [-0.3, -0.25) is 4.79 Å². The van der Waals surface area contributed by atoms with E-state index in [9.17, 15) is 9.18 Å². The second kappa shape index (κ2) is 8.78. The lowest BCUT2D eigenvalue weighted by molar-refractivity contribution is 0.102. The maximum atomic E-state index is 13.9. The number of carbonyl (C=O) groups excluding carboxylic acids is 1. The lowest BCUT2D eigenvalue weighted by Gasteiger charge is -2.18. The monoisotopic (exact) mass is 464 g/mol. The molecule has 3 aromatic carbocycles. The molecule has 0 aliphatic rings. The lowest BCUT2D eigenvalue weighted by atomic mass is 10.2. The fourth-order valence-electron chi connectivity index (χ4n) is 2.34. The van der Waals surface area contributed by atoms with Crippen LogP contribution in [0.15, 0.2) is 76.1 Å². The summed E-state index contributed by atoms with van der Waals surface area (Å²) in [5, 5.41) is 2.85. The minimum Gasteiger partial charge on any atom is -0.319 e. The molecule has 0 fully saturated rings. The van der Waals surface area contributed by atoms with Crippen LogP contribution in [0.3, 0.4) is 0 Å². The van der Waals surface area contributed by atoms with E-state index in [0.717, 1.165) is 21.1 Å². The Labute approximate surface area is 174 Å². The lowest BCUT2D eigenvalue weighted by Crippen LogP contribution is -2.13. The van der Waals surface area contributed by atoms with Gasteiger partial charge in [0, 0.05) is 32.7 Å². The molecule has 3 aromatic rings. The molecule has 1 amide bonds. The average molecular weight is 466 g/mol. The van der Waals surface area contributed by atoms with Crippen LogP contribution in [0.25, 0.3) is 0 Å². The van der Waals surface area contributed by atoms with Crippen molar-refractivity contribution in [2.75, 3.05) is 16.7 Å². The number of carbonyl (C=O) groups is 1. The molecule has 3 nitrogen and oxygen atoms in total.